The fourth-order valence-corrected chi connectivity index (χ4v) is 2.22. The van der Waals surface area contributed by atoms with Crippen LogP contribution in [0, 0.1) is 6.92 Å². The first kappa shape index (κ1) is 11.0. The van der Waals surface area contributed by atoms with Gasteiger partial charge in [0.2, 0.25) is 0 Å². The Morgan fingerprint density at radius 1 is 0.889 bits per heavy atom. The van der Waals surface area contributed by atoms with Gasteiger partial charge >= 0.3 is 0 Å². The Balaban J connectivity index is 1.96. The van der Waals surface area contributed by atoms with Crippen molar-refractivity contribution in [3.8, 4) is 0 Å². The standard InChI is InChI=1S/C17H15N/c1-13-9-16-8-7-15(11-17(16)18-12-13)10-14-5-3-2-4-6-14/h2-9,11-12H,10H2,1H3. The molecule has 1 aromatic heterocycles. The Hall–Kier alpha value is -2.15. The van der Waals surface area contributed by atoms with E-state index >= 15 is 0 Å². The van der Waals surface area contributed by atoms with E-state index in [-0.39, 0.29) is 0 Å². The molecule has 0 spiro atoms. The molecule has 3 rings (SSSR count). The largest absolute Gasteiger partial charge is 0.256 e. The summed E-state index contributed by atoms with van der Waals surface area (Å²) < 4.78 is 0. The van der Waals surface area contributed by atoms with E-state index in [0.29, 0.717) is 0 Å². The Labute approximate surface area is 107 Å². The predicted molar refractivity (Wildman–Crippen MR) is 75.7 cm³/mol. The number of pyridine rings is 1. The van der Waals surface area contributed by atoms with Gasteiger partial charge in [-0.3, -0.25) is 4.98 Å². The molecule has 0 saturated heterocycles. The minimum Gasteiger partial charge on any atom is -0.256 e. The van der Waals surface area contributed by atoms with Gasteiger partial charge in [-0.2, -0.15) is 0 Å². The van der Waals surface area contributed by atoms with Crippen molar-refractivity contribution in [2.45, 2.75) is 13.3 Å². The maximum atomic E-state index is 4.48. The number of aromatic nitrogens is 1. The van der Waals surface area contributed by atoms with Crippen LogP contribution in [-0.4, -0.2) is 4.98 Å². The van der Waals surface area contributed by atoms with E-state index in [1.165, 1.54) is 22.1 Å². The molecule has 0 radical (unpaired) electrons. The van der Waals surface area contributed by atoms with Crippen molar-refractivity contribution in [2.75, 3.05) is 0 Å². The minimum atomic E-state index is 0.965. The molecule has 0 unspecified atom stereocenters. The molecule has 18 heavy (non-hydrogen) atoms. The maximum absolute atomic E-state index is 4.48. The van der Waals surface area contributed by atoms with Crippen LogP contribution in [0.25, 0.3) is 10.9 Å². The summed E-state index contributed by atoms with van der Waals surface area (Å²) in [6.07, 6.45) is 2.89. The lowest BCUT2D eigenvalue weighted by atomic mass is 10.0. The first-order chi connectivity index (χ1) is 8.81. The number of aryl methyl sites for hydroxylation is 1. The second-order valence-corrected chi connectivity index (χ2v) is 4.70. The zero-order valence-corrected chi connectivity index (χ0v) is 10.4. The van der Waals surface area contributed by atoms with E-state index in [2.05, 4.69) is 60.4 Å². The van der Waals surface area contributed by atoms with Gasteiger partial charge in [0.15, 0.2) is 0 Å². The molecular weight excluding hydrogens is 218 g/mol. The molecule has 0 N–H and O–H groups in total. The second-order valence-electron chi connectivity index (χ2n) is 4.70. The smallest absolute Gasteiger partial charge is 0.0705 e. The van der Waals surface area contributed by atoms with Gasteiger partial charge in [-0.05, 0) is 42.2 Å². The van der Waals surface area contributed by atoms with Gasteiger partial charge in [0.25, 0.3) is 0 Å². The number of rotatable bonds is 2. The van der Waals surface area contributed by atoms with Crippen LogP contribution in [0.15, 0.2) is 60.8 Å². The van der Waals surface area contributed by atoms with Crippen LogP contribution in [0.2, 0.25) is 0 Å². The van der Waals surface area contributed by atoms with E-state index in [9.17, 15) is 0 Å². The van der Waals surface area contributed by atoms with Crippen LogP contribution in [0.5, 0.6) is 0 Å². The van der Waals surface area contributed by atoms with E-state index < -0.39 is 0 Å². The lowest BCUT2D eigenvalue weighted by Gasteiger charge is -2.04. The number of benzene rings is 2. The minimum absolute atomic E-state index is 0.965. The highest BCUT2D eigenvalue weighted by atomic mass is 14.6. The number of hydrogen-bond donors (Lipinski definition) is 0. The average molecular weight is 233 g/mol. The molecule has 0 saturated carbocycles. The van der Waals surface area contributed by atoms with Crippen molar-refractivity contribution < 1.29 is 0 Å². The normalized spacial score (nSPS) is 10.7. The highest BCUT2D eigenvalue weighted by Gasteiger charge is 1.99. The summed E-state index contributed by atoms with van der Waals surface area (Å²) in [4.78, 5) is 4.48. The third-order valence-corrected chi connectivity index (χ3v) is 3.14. The summed E-state index contributed by atoms with van der Waals surface area (Å²) in [5, 5.41) is 1.21. The Morgan fingerprint density at radius 3 is 2.56 bits per heavy atom. The Kier molecular flexibility index (Phi) is 2.81. The molecule has 0 amide bonds. The second kappa shape index (κ2) is 4.61. The van der Waals surface area contributed by atoms with Crippen molar-refractivity contribution in [1.29, 1.82) is 0 Å². The molecule has 3 aromatic rings. The van der Waals surface area contributed by atoms with Gasteiger partial charge in [-0.15, -0.1) is 0 Å². The third-order valence-electron chi connectivity index (χ3n) is 3.14. The average Bonchev–Trinajstić information content (AvgIpc) is 2.40. The van der Waals surface area contributed by atoms with Crippen molar-refractivity contribution >= 4 is 10.9 Å². The highest BCUT2D eigenvalue weighted by molar-refractivity contribution is 5.79. The number of hydrogen-bond acceptors (Lipinski definition) is 1. The van der Waals surface area contributed by atoms with E-state index in [1.807, 2.05) is 12.3 Å². The van der Waals surface area contributed by atoms with Crippen LogP contribution < -0.4 is 0 Å². The summed E-state index contributed by atoms with van der Waals surface area (Å²) in [7, 11) is 0. The summed E-state index contributed by atoms with van der Waals surface area (Å²) in [5.41, 5.74) is 4.93. The highest BCUT2D eigenvalue weighted by Crippen LogP contribution is 2.17. The van der Waals surface area contributed by atoms with Gasteiger partial charge in [0.05, 0.1) is 5.52 Å². The quantitative estimate of drug-likeness (QED) is 0.648. The topological polar surface area (TPSA) is 12.9 Å². The van der Waals surface area contributed by atoms with E-state index in [1.54, 1.807) is 0 Å². The van der Waals surface area contributed by atoms with Crippen molar-refractivity contribution in [1.82, 2.24) is 4.98 Å². The molecule has 0 fully saturated rings. The summed E-state index contributed by atoms with van der Waals surface area (Å²) in [5.74, 6) is 0. The molecule has 0 aliphatic heterocycles. The SMILES string of the molecule is Cc1cnc2cc(Cc3ccccc3)ccc2c1. The van der Waals surface area contributed by atoms with Crippen molar-refractivity contribution in [2.24, 2.45) is 0 Å². The van der Waals surface area contributed by atoms with Gasteiger partial charge in [-0.1, -0.05) is 42.5 Å². The molecule has 0 bridgehead atoms. The van der Waals surface area contributed by atoms with Crippen LogP contribution in [-0.2, 0) is 6.42 Å². The Morgan fingerprint density at radius 2 is 1.72 bits per heavy atom. The summed E-state index contributed by atoms with van der Waals surface area (Å²) in [6.45, 7) is 2.07. The van der Waals surface area contributed by atoms with Crippen LogP contribution >= 0.6 is 0 Å². The molecule has 0 aliphatic carbocycles. The lowest BCUT2D eigenvalue weighted by Crippen LogP contribution is -1.89. The zero-order valence-electron chi connectivity index (χ0n) is 10.4. The fourth-order valence-electron chi connectivity index (χ4n) is 2.22. The zero-order chi connectivity index (χ0) is 12.4. The molecule has 2 aromatic carbocycles. The lowest BCUT2D eigenvalue weighted by molar-refractivity contribution is 1.19. The summed E-state index contributed by atoms with van der Waals surface area (Å²) in [6, 6.07) is 19.2. The van der Waals surface area contributed by atoms with Crippen LogP contribution in [0.3, 0.4) is 0 Å². The molecule has 0 aliphatic rings. The third kappa shape index (κ3) is 2.25. The fraction of sp³-hybridized carbons (Fsp3) is 0.118. The van der Waals surface area contributed by atoms with Gasteiger partial charge in [0.1, 0.15) is 0 Å². The van der Waals surface area contributed by atoms with Gasteiger partial charge in [0, 0.05) is 11.6 Å². The van der Waals surface area contributed by atoms with Crippen LogP contribution in [0.1, 0.15) is 16.7 Å². The van der Waals surface area contributed by atoms with E-state index in [4.69, 9.17) is 0 Å². The van der Waals surface area contributed by atoms with Crippen LogP contribution in [0.4, 0.5) is 0 Å². The predicted octanol–water partition coefficient (Wildman–Crippen LogP) is 4.13. The van der Waals surface area contributed by atoms with Crippen molar-refractivity contribution in [3.05, 3.63) is 77.5 Å². The number of nitrogens with zero attached hydrogens (tertiary/aromatic N) is 1. The first-order valence-electron chi connectivity index (χ1n) is 6.20. The summed E-state index contributed by atoms with van der Waals surface area (Å²) >= 11 is 0. The van der Waals surface area contributed by atoms with Gasteiger partial charge < -0.3 is 0 Å². The molecule has 1 nitrogen and oxygen atoms in total. The molecule has 1 heterocycles. The maximum Gasteiger partial charge on any atom is 0.0705 e. The van der Waals surface area contributed by atoms with E-state index in [0.717, 1.165) is 11.9 Å². The Bertz CT molecular complexity index is 672. The molecular formula is C17H15N. The molecule has 1 heteroatoms. The van der Waals surface area contributed by atoms with Gasteiger partial charge in [-0.25, -0.2) is 0 Å². The monoisotopic (exact) mass is 233 g/mol. The molecule has 0 atom stereocenters. The first-order valence-corrected chi connectivity index (χ1v) is 6.20. The molecule has 88 valence electrons. The number of fused-ring (bicyclic) bond motifs is 1. The van der Waals surface area contributed by atoms with Crippen molar-refractivity contribution in [3.63, 3.8) is 0 Å².